The number of hydrogen-bond acceptors (Lipinski definition) is 3. The Morgan fingerprint density at radius 1 is 1.05 bits per heavy atom. The molecule has 0 fully saturated rings. The van der Waals surface area contributed by atoms with Gasteiger partial charge < -0.3 is 5.32 Å². The Morgan fingerprint density at radius 3 is 2.33 bits per heavy atom. The molecule has 2 aromatic carbocycles. The van der Waals surface area contributed by atoms with Crippen molar-refractivity contribution in [2.24, 2.45) is 0 Å². The van der Waals surface area contributed by atoms with Crippen LogP contribution in [0.5, 0.6) is 0 Å². The van der Waals surface area contributed by atoms with E-state index in [-0.39, 0.29) is 4.90 Å². The molecule has 2 rings (SSSR count). The molecule has 0 heterocycles. The van der Waals surface area contributed by atoms with Crippen LogP contribution in [0.3, 0.4) is 0 Å². The van der Waals surface area contributed by atoms with Gasteiger partial charge in [0.25, 0.3) is 10.0 Å². The van der Waals surface area contributed by atoms with Gasteiger partial charge in [-0.25, -0.2) is 8.42 Å². The van der Waals surface area contributed by atoms with Gasteiger partial charge in [0.05, 0.1) is 15.6 Å². The van der Waals surface area contributed by atoms with Crippen LogP contribution in [-0.4, -0.2) is 22.0 Å². The molecule has 112 valence electrons. The van der Waals surface area contributed by atoms with Gasteiger partial charge in [-0.05, 0) is 49.8 Å². The average molecular weight is 325 g/mol. The van der Waals surface area contributed by atoms with Gasteiger partial charge in [-0.3, -0.25) is 4.72 Å². The Morgan fingerprint density at radius 2 is 1.71 bits per heavy atom. The van der Waals surface area contributed by atoms with Crippen LogP contribution in [0.2, 0.25) is 5.02 Å². The second-order valence-electron chi connectivity index (χ2n) is 4.58. The van der Waals surface area contributed by atoms with E-state index in [1.54, 1.807) is 36.4 Å². The zero-order valence-electron chi connectivity index (χ0n) is 11.6. The normalized spacial score (nSPS) is 11.3. The molecule has 0 aromatic heterocycles. The maximum absolute atomic E-state index is 12.3. The minimum atomic E-state index is -3.62. The number of benzene rings is 2. The highest BCUT2D eigenvalue weighted by molar-refractivity contribution is 7.92. The summed E-state index contributed by atoms with van der Waals surface area (Å²) in [4.78, 5) is 0.218. The molecule has 0 aliphatic heterocycles. The van der Waals surface area contributed by atoms with Crippen molar-refractivity contribution >= 4 is 27.3 Å². The predicted octanol–water partition coefficient (Wildman–Crippen LogP) is 2.90. The Kier molecular flexibility index (Phi) is 5.22. The Labute approximate surface area is 130 Å². The molecule has 0 radical (unpaired) electrons. The lowest BCUT2D eigenvalue weighted by molar-refractivity contribution is 0.601. The van der Waals surface area contributed by atoms with Crippen LogP contribution in [0.1, 0.15) is 5.56 Å². The first kappa shape index (κ1) is 15.8. The number of sulfonamides is 1. The number of hydrogen-bond donors (Lipinski definition) is 2. The van der Waals surface area contributed by atoms with Crippen molar-refractivity contribution in [3.63, 3.8) is 0 Å². The summed E-state index contributed by atoms with van der Waals surface area (Å²) in [5, 5.41) is 3.42. The highest BCUT2D eigenvalue weighted by Gasteiger charge is 2.15. The highest BCUT2D eigenvalue weighted by Crippen LogP contribution is 2.24. The van der Waals surface area contributed by atoms with E-state index >= 15 is 0 Å². The zero-order valence-corrected chi connectivity index (χ0v) is 13.2. The molecule has 0 spiro atoms. The van der Waals surface area contributed by atoms with E-state index in [1.165, 1.54) is 0 Å². The average Bonchev–Trinajstić information content (AvgIpc) is 2.48. The quantitative estimate of drug-likeness (QED) is 0.859. The minimum Gasteiger partial charge on any atom is -0.319 e. The van der Waals surface area contributed by atoms with E-state index in [0.717, 1.165) is 18.5 Å². The standard InChI is InChI=1S/C15H17ClN2O2S/c1-17-11-10-12-6-8-13(9-7-12)21(19,20)18-15-5-3-2-4-14(15)16/h2-9,17-18H,10-11H2,1H3. The Balaban J connectivity index is 2.18. The lowest BCUT2D eigenvalue weighted by Gasteiger charge is -2.10. The summed E-state index contributed by atoms with van der Waals surface area (Å²) in [6.07, 6.45) is 0.856. The summed E-state index contributed by atoms with van der Waals surface area (Å²) in [7, 11) is -1.74. The van der Waals surface area contributed by atoms with Crippen molar-refractivity contribution in [1.29, 1.82) is 0 Å². The number of para-hydroxylation sites is 1. The molecule has 2 aromatic rings. The lowest BCUT2D eigenvalue weighted by atomic mass is 10.1. The van der Waals surface area contributed by atoms with Gasteiger partial charge in [0.2, 0.25) is 0 Å². The molecule has 0 atom stereocenters. The van der Waals surface area contributed by atoms with Crippen LogP contribution in [0.15, 0.2) is 53.4 Å². The van der Waals surface area contributed by atoms with Crippen molar-refractivity contribution in [1.82, 2.24) is 5.32 Å². The van der Waals surface area contributed by atoms with E-state index in [0.29, 0.717) is 10.7 Å². The third-order valence-electron chi connectivity index (χ3n) is 3.02. The largest absolute Gasteiger partial charge is 0.319 e. The molecule has 0 unspecified atom stereocenters. The Hall–Kier alpha value is -1.56. The van der Waals surface area contributed by atoms with Crippen LogP contribution in [0, 0.1) is 0 Å². The summed E-state index contributed by atoms with van der Waals surface area (Å²) in [6.45, 7) is 0.851. The second kappa shape index (κ2) is 6.93. The molecular formula is C15H17ClN2O2S. The molecule has 2 N–H and O–H groups in total. The molecule has 4 nitrogen and oxygen atoms in total. The minimum absolute atomic E-state index is 0.218. The molecule has 0 saturated heterocycles. The summed E-state index contributed by atoms with van der Waals surface area (Å²) in [6, 6.07) is 13.6. The molecule has 0 aliphatic carbocycles. The van der Waals surface area contributed by atoms with Gasteiger partial charge in [-0.15, -0.1) is 0 Å². The molecule has 0 saturated carbocycles. The maximum Gasteiger partial charge on any atom is 0.261 e. The van der Waals surface area contributed by atoms with Crippen molar-refractivity contribution in [2.75, 3.05) is 18.3 Å². The number of nitrogens with one attached hydrogen (secondary N) is 2. The van der Waals surface area contributed by atoms with Crippen LogP contribution in [0.25, 0.3) is 0 Å². The van der Waals surface area contributed by atoms with Crippen LogP contribution in [-0.2, 0) is 16.4 Å². The van der Waals surface area contributed by atoms with E-state index in [2.05, 4.69) is 10.0 Å². The van der Waals surface area contributed by atoms with E-state index in [4.69, 9.17) is 11.6 Å². The van der Waals surface area contributed by atoms with Crippen LogP contribution in [0.4, 0.5) is 5.69 Å². The molecule has 6 heteroatoms. The van der Waals surface area contributed by atoms with Gasteiger partial charge in [-0.2, -0.15) is 0 Å². The lowest BCUT2D eigenvalue weighted by Crippen LogP contribution is -2.13. The van der Waals surface area contributed by atoms with E-state index in [1.807, 2.05) is 19.2 Å². The topological polar surface area (TPSA) is 58.2 Å². The molecule has 0 bridgehead atoms. The van der Waals surface area contributed by atoms with Gasteiger partial charge in [0.15, 0.2) is 0 Å². The maximum atomic E-state index is 12.3. The van der Waals surface area contributed by atoms with Crippen molar-refractivity contribution in [2.45, 2.75) is 11.3 Å². The Bertz CT molecular complexity index is 700. The van der Waals surface area contributed by atoms with Crippen molar-refractivity contribution in [3.8, 4) is 0 Å². The van der Waals surface area contributed by atoms with Gasteiger partial charge >= 0.3 is 0 Å². The van der Waals surface area contributed by atoms with Gasteiger partial charge in [0.1, 0.15) is 0 Å². The summed E-state index contributed by atoms with van der Waals surface area (Å²) in [5.74, 6) is 0. The first-order valence-electron chi connectivity index (χ1n) is 6.54. The molecular weight excluding hydrogens is 308 g/mol. The fourth-order valence-corrected chi connectivity index (χ4v) is 3.17. The summed E-state index contributed by atoms with van der Waals surface area (Å²) >= 11 is 5.97. The second-order valence-corrected chi connectivity index (χ2v) is 6.67. The smallest absolute Gasteiger partial charge is 0.261 e. The SMILES string of the molecule is CNCCc1ccc(S(=O)(=O)Nc2ccccc2Cl)cc1. The third kappa shape index (κ3) is 4.20. The first-order valence-corrected chi connectivity index (χ1v) is 8.40. The molecule has 0 aliphatic rings. The molecule has 0 amide bonds. The monoisotopic (exact) mass is 324 g/mol. The van der Waals surface area contributed by atoms with E-state index in [9.17, 15) is 8.42 Å². The first-order chi connectivity index (χ1) is 10.0. The fourth-order valence-electron chi connectivity index (χ4n) is 1.85. The predicted molar refractivity (Wildman–Crippen MR) is 86.3 cm³/mol. The summed E-state index contributed by atoms with van der Waals surface area (Å²) < 4.78 is 27.1. The zero-order chi connectivity index (χ0) is 15.3. The summed E-state index contributed by atoms with van der Waals surface area (Å²) in [5.41, 5.74) is 1.46. The highest BCUT2D eigenvalue weighted by atomic mass is 35.5. The van der Waals surface area contributed by atoms with Crippen LogP contribution >= 0.6 is 11.6 Å². The van der Waals surface area contributed by atoms with Crippen molar-refractivity contribution < 1.29 is 8.42 Å². The number of rotatable bonds is 6. The number of likely N-dealkylation sites (N-methyl/N-ethyl adjacent to an activating group) is 1. The van der Waals surface area contributed by atoms with E-state index < -0.39 is 10.0 Å². The molecule has 21 heavy (non-hydrogen) atoms. The fraction of sp³-hybridized carbons (Fsp3) is 0.200. The van der Waals surface area contributed by atoms with Gasteiger partial charge in [0, 0.05) is 0 Å². The number of anilines is 1. The number of halogens is 1. The van der Waals surface area contributed by atoms with Crippen LogP contribution < -0.4 is 10.0 Å². The third-order valence-corrected chi connectivity index (χ3v) is 4.73. The van der Waals surface area contributed by atoms with Gasteiger partial charge in [-0.1, -0.05) is 35.9 Å². The van der Waals surface area contributed by atoms with Crippen molar-refractivity contribution in [3.05, 3.63) is 59.1 Å².